The summed E-state index contributed by atoms with van der Waals surface area (Å²) in [6, 6.07) is 9.33. The molecule has 4 nitrogen and oxygen atoms in total. The molecule has 2 heterocycles. The average molecular weight is 496 g/mol. The van der Waals surface area contributed by atoms with Crippen molar-refractivity contribution in [3.8, 4) is 5.75 Å². The Morgan fingerprint density at radius 3 is 2.66 bits per heavy atom. The number of hydrogen-bond acceptors (Lipinski definition) is 3. The van der Waals surface area contributed by atoms with Crippen LogP contribution in [0, 0.1) is 12.7 Å². The fourth-order valence-electron chi connectivity index (χ4n) is 4.94. The standard InChI is InChI=1S/C26H30F5N3O/c1-16-8-9-21(35-13-12-32-11-5-10-27)23(28)22(16)25-24-19(18-6-3-4-7-20(18)33-24)14-17(2)34(25)15-26(29,30)31/h3-4,6-9,17,25,32-33H,5,10-15H2,1-2H3/t17-,25?/m1/s1. The Hall–Kier alpha value is -2.65. The molecule has 35 heavy (non-hydrogen) atoms. The summed E-state index contributed by atoms with van der Waals surface area (Å²) in [7, 11) is 0. The number of aromatic amines is 1. The molecular formula is C26H30F5N3O. The van der Waals surface area contributed by atoms with E-state index in [1.807, 2.05) is 24.3 Å². The van der Waals surface area contributed by atoms with Gasteiger partial charge in [-0.15, -0.1) is 0 Å². The Kier molecular flexibility index (Phi) is 7.66. The van der Waals surface area contributed by atoms with Crippen molar-refractivity contribution in [2.45, 2.75) is 44.9 Å². The predicted octanol–water partition coefficient (Wildman–Crippen LogP) is 5.84. The highest BCUT2D eigenvalue weighted by Gasteiger charge is 2.43. The second-order valence-corrected chi connectivity index (χ2v) is 9.06. The van der Waals surface area contributed by atoms with Gasteiger partial charge in [-0.05, 0) is 56.5 Å². The number of aryl methyl sites for hydroxylation is 1. The molecule has 1 unspecified atom stereocenters. The van der Waals surface area contributed by atoms with Crippen LogP contribution in [0.15, 0.2) is 36.4 Å². The molecule has 0 spiro atoms. The Labute approximate surface area is 201 Å². The van der Waals surface area contributed by atoms with Crippen molar-refractivity contribution >= 4 is 10.9 Å². The normalized spacial score (nSPS) is 18.7. The highest BCUT2D eigenvalue weighted by Crippen LogP contribution is 2.44. The molecule has 3 aromatic rings. The number of alkyl halides is 4. The van der Waals surface area contributed by atoms with Gasteiger partial charge in [-0.1, -0.05) is 24.3 Å². The lowest BCUT2D eigenvalue weighted by Crippen LogP contribution is -2.47. The molecule has 1 aromatic heterocycles. The summed E-state index contributed by atoms with van der Waals surface area (Å²) >= 11 is 0. The molecule has 0 bridgehead atoms. The number of benzene rings is 2. The van der Waals surface area contributed by atoms with Gasteiger partial charge in [0.25, 0.3) is 0 Å². The van der Waals surface area contributed by atoms with Gasteiger partial charge in [0.05, 0.1) is 19.3 Å². The Morgan fingerprint density at radius 2 is 1.91 bits per heavy atom. The van der Waals surface area contributed by atoms with E-state index in [0.29, 0.717) is 37.2 Å². The fraction of sp³-hybridized carbons (Fsp3) is 0.462. The van der Waals surface area contributed by atoms with Crippen LogP contribution in [0.3, 0.4) is 0 Å². The van der Waals surface area contributed by atoms with E-state index in [1.54, 1.807) is 19.9 Å². The number of H-pyrrole nitrogens is 1. The van der Waals surface area contributed by atoms with Crippen LogP contribution in [0.4, 0.5) is 22.0 Å². The largest absolute Gasteiger partial charge is 0.489 e. The number of halogens is 5. The molecule has 0 amide bonds. The van der Waals surface area contributed by atoms with Gasteiger partial charge in [-0.2, -0.15) is 13.2 Å². The van der Waals surface area contributed by atoms with E-state index in [4.69, 9.17) is 4.74 Å². The molecule has 4 rings (SSSR count). The molecule has 2 atom stereocenters. The number of hydrogen-bond donors (Lipinski definition) is 2. The molecule has 1 aliphatic rings. The smallest absolute Gasteiger partial charge is 0.401 e. The van der Waals surface area contributed by atoms with Gasteiger partial charge in [0.1, 0.15) is 6.61 Å². The van der Waals surface area contributed by atoms with E-state index in [0.717, 1.165) is 16.5 Å². The molecule has 1 aliphatic heterocycles. The zero-order valence-corrected chi connectivity index (χ0v) is 19.8. The molecule has 2 N–H and O–H groups in total. The third kappa shape index (κ3) is 5.46. The quantitative estimate of drug-likeness (QED) is 0.289. The number of nitrogens with one attached hydrogen (secondary N) is 2. The van der Waals surface area contributed by atoms with Gasteiger partial charge in [-0.3, -0.25) is 9.29 Å². The Bertz CT molecular complexity index is 1160. The molecule has 0 fully saturated rings. The molecule has 0 saturated carbocycles. The van der Waals surface area contributed by atoms with Gasteiger partial charge in [0.2, 0.25) is 0 Å². The van der Waals surface area contributed by atoms with Crippen LogP contribution >= 0.6 is 0 Å². The zero-order chi connectivity index (χ0) is 25.2. The number of aromatic nitrogens is 1. The van der Waals surface area contributed by atoms with Crippen LogP contribution in [0.25, 0.3) is 10.9 Å². The predicted molar refractivity (Wildman–Crippen MR) is 126 cm³/mol. The van der Waals surface area contributed by atoms with Gasteiger partial charge in [-0.25, -0.2) is 4.39 Å². The van der Waals surface area contributed by atoms with Crippen molar-refractivity contribution in [1.29, 1.82) is 0 Å². The topological polar surface area (TPSA) is 40.3 Å². The fourth-order valence-corrected chi connectivity index (χ4v) is 4.94. The van der Waals surface area contributed by atoms with Crippen molar-refractivity contribution in [2.24, 2.45) is 0 Å². The summed E-state index contributed by atoms with van der Waals surface area (Å²) in [6.07, 6.45) is -3.64. The van der Waals surface area contributed by atoms with Crippen molar-refractivity contribution in [2.75, 3.05) is 32.9 Å². The van der Waals surface area contributed by atoms with Crippen LogP contribution in [-0.4, -0.2) is 55.0 Å². The van der Waals surface area contributed by atoms with Gasteiger partial charge in [0.15, 0.2) is 11.6 Å². The molecule has 0 saturated heterocycles. The van der Waals surface area contributed by atoms with Gasteiger partial charge < -0.3 is 15.0 Å². The van der Waals surface area contributed by atoms with Crippen LogP contribution in [0.2, 0.25) is 0 Å². The maximum Gasteiger partial charge on any atom is 0.401 e. The van der Waals surface area contributed by atoms with Crippen LogP contribution in [0.1, 0.15) is 41.8 Å². The highest BCUT2D eigenvalue weighted by molar-refractivity contribution is 5.85. The number of nitrogens with zero attached hydrogens (tertiary/aromatic N) is 1. The second kappa shape index (κ2) is 10.5. The molecule has 0 radical (unpaired) electrons. The lowest BCUT2D eigenvalue weighted by atomic mass is 9.86. The van der Waals surface area contributed by atoms with E-state index < -0.39 is 37.3 Å². The van der Waals surface area contributed by atoms with Gasteiger partial charge in [0, 0.05) is 34.7 Å². The maximum atomic E-state index is 15.9. The number of ether oxygens (including phenoxy) is 1. The molecular weight excluding hydrogens is 465 g/mol. The van der Waals surface area contributed by atoms with Crippen LogP contribution in [0.5, 0.6) is 5.75 Å². The summed E-state index contributed by atoms with van der Waals surface area (Å²) in [5, 5.41) is 3.95. The Morgan fingerprint density at radius 1 is 1.14 bits per heavy atom. The third-order valence-electron chi connectivity index (χ3n) is 6.54. The molecule has 9 heteroatoms. The number of rotatable bonds is 9. The monoisotopic (exact) mass is 495 g/mol. The number of fused-ring (bicyclic) bond motifs is 3. The van der Waals surface area contributed by atoms with E-state index in [-0.39, 0.29) is 17.9 Å². The number of para-hydroxylation sites is 1. The zero-order valence-electron chi connectivity index (χ0n) is 19.8. The molecule has 0 aliphatic carbocycles. The summed E-state index contributed by atoms with van der Waals surface area (Å²) < 4.78 is 74.7. The minimum atomic E-state index is -4.44. The van der Waals surface area contributed by atoms with Crippen molar-refractivity contribution in [1.82, 2.24) is 15.2 Å². The first-order valence-electron chi connectivity index (χ1n) is 11.8. The first-order chi connectivity index (χ1) is 16.7. The minimum absolute atomic E-state index is 0.0132. The van der Waals surface area contributed by atoms with Crippen LogP contribution < -0.4 is 10.1 Å². The highest BCUT2D eigenvalue weighted by atomic mass is 19.4. The summed E-state index contributed by atoms with van der Waals surface area (Å²) in [6.45, 7) is 2.90. The van der Waals surface area contributed by atoms with Gasteiger partial charge >= 0.3 is 6.18 Å². The summed E-state index contributed by atoms with van der Waals surface area (Å²) in [5.41, 5.74) is 3.04. The molecule has 190 valence electrons. The SMILES string of the molecule is Cc1ccc(OCCNCCCF)c(F)c1C1c2[nH]c3ccccc3c2C[C@@H](C)N1CC(F)(F)F. The van der Waals surface area contributed by atoms with E-state index in [1.165, 1.54) is 11.0 Å². The molecule has 2 aromatic carbocycles. The van der Waals surface area contributed by atoms with Crippen molar-refractivity contribution < 1.29 is 26.7 Å². The third-order valence-corrected chi connectivity index (χ3v) is 6.54. The first-order valence-corrected chi connectivity index (χ1v) is 11.8. The van der Waals surface area contributed by atoms with E-state index in [2.05, 4.69) is 10.3 Å². The van der Waals surface area contributed by atoms with E-state index >= 15 is 4.39 Å². The van der Waals surface area contributed by atoms with Crippen molar-refractivity contribution in [3.63, 3.8) is 0 Å². The second-order valence-electron chi connectivity index (χ2n) is 9.06. The van der Waals surface area contributed by atoms with Crippen molar-refractivity contribution in [3.05, 3.63) is 64.6 Å². The maximum absolute atomic E-state index is 15.9. The minimum Gasteiger partial charge on any atom is -0.489 e. The summed E-state index contributed by atoms with van der Waals surface area (Å²) in [5.74, 6) is -0.676. The first kappa shape index (κ1) is 25.4. The lowest BCUT2D eigenvalue weighted by Gasteiger charge is -2.41. The Balaban J connectivity index is 1.75. The van der Waals surface area contributed by atoms with E-state index in [9.17, 15) is 17.6 Å². The average Bonchev–Trinajstić information content (AvgIpc) is 3.16. The van der Waals surface area contributed by atoms with Crippen LogP contribution in [-0.2, 0) is 6.42 Å². The summed E-state index contributed by atoms with van der Waals surface area (Å²) in [4.78, 5) is 4.61. The lowest BCUT2D eigenvalue weighted by molar-refractivity contribution is -0.155.